The Morgan fingerprint density at radius 1 is 1.30 bits per heavy atom. The van der Waals surface area contributed by atoms with E-state index < -0.39 is 31.0 Å². The lowest BCUT2D eigenvalue weighted by Crippen LogP contribution is -2.30. The highest BCUT2D eigenvalue weighted by Crippen LogP contribution is 2.15. The van der Waals surface area contributed by atoms with Crippen LogP contribution in [0, 0.1) is 11.3 Å². The summed E-state index contributed by atoms with van der Waals surface area (Å²) in [4.78, 5) is 28.0. The summed E-state index contributed by atoms with van der Waals surface area (Å²) in [5.74, 6) is -1.48. The quantitative estimate of drug-likeness (QED) is 0.747. The molecule has 0 aliphatic rings. The van der Waals surface area contributed by atoms with E-state index in [1.807, 2.05) is 6.07 Å². The second-order valence-corrected chi connectivity index (χ2v) is 5.34. The molecule has 0 unspecified atom stereocenters. The first-order chi connectivity index (χ1) is 12.9. The Hall–Kier alpha value is -3.54. The molecule has 2 aromatic rings. The van der Waals surface area contributed by atoms with Crippen LogP contribution in [0.3, 0.4) is 0 Å². The Labute approximate surface area is 153 Å². The Bertz CT molecular complexity index is 868. The predicted octanol–water partition coefficient (Wildman–Crippen LogP) is 2.78. The van der Waals surface area contributed by atoms with Crippen LogP contribution < -0.4 is 10.1 Å². The van der Waals surface area contributed by atoms with Crippen LogP contribution in [0.2, 0.25) is 0 Å². The third-order valence-electron chi connectivity index (χ3n) is 3.24. The summed E-state index contributed by atoms with van der Waals surface area (Å²) < 4.78 is 34.2. The Balaban J connectivity index is 1.97. The number of carbonyl (C=O) groups is 2. The molecule has 2 rings (SSSR count). The number of benzene rings is 1. The number of halogens is 2. The number of nitrogens with zero attached hydrogens (tertiary/aromatic N) is 2. The van der Waals surface area contributed by atoms with Gasteiger partial charge in [0.2, 0.25) is 0 Å². The van der Waals surface area contributed by atoms with Crippen LogP contribution in [0.15, 0.2) is 42.7 Å². The van der Waals surface area contributed by atoms with Crippen LogP contribution in [-0.4, -0.2) is 36.0 Å². The minimum atomic E-state index is -2.66. The number of nitriles is 1. The molecule has 140 valence electrons. The summed E-state index contributed by atoms with van der Waals surface area (Å²) in [6.07, 6.45) is -1.46. The highest BCUT2D eigenvalue weighted by molar-refractivity contribution is 5.97. The third-order valence-corrected chi connectivity index (χ3v) is 3.24. The molecule has 0 fully saturated rings. The molecule has 0 bridgehead atoms. The molecule has 1 aromatic carbocycles. The lowest BCUT2D eigenvalue weighted by atomic mass is 10.2. The van der Waals surface area contributed by atoms with Crippen molar-refractivity contribution in [2.24, 2.45) is 0 Å². The van der Waals surface area contributed by atoms with E-state index in [2.05, 4.69) is 10.3 Å². The molecule has 0 saturated heterocycles. The van der Waals surface area contributed by atoms with Crippen LogP contribution in [0.4, 0.5) is 14.5 Å². The van der Waals surface area contributed by atoms with Gasteiger partial charge in [0.1, 0.15) is 12.4 Å². The fourth-order valence-electron chi connectivity index (χ4n) is 1.96. The number of hydrogen-bond donors (Lipinski definition) is 1. The molecule has 27 heavy (non-hydrogen) atoms. The monoisotopic (exact) mass is 375 g/mol. The number of pyridine rings is 1. The average molecular weight is 375 g/mol. The first kappa shape index (κ1) is 19.8. The number of rotatable bonds is 7. The summed E-state index contributed by atoms with van der Waals surface area (Å²) in [5, 5.41) is 11.4. The van der Waals surface area contributed by atoms with Gasteiger partial charge in [-0.2, -0.15) is 5.26 Å². The summed E-state index contributed by atoms with van der Waals surface area (Å²) >= 11 is 0. The van der Waals surface area contributed by atoms with E-state index >= 15 is 0 Å². The van der Waals surface area contributed by atoms with Gasteiger partial charge in [0.05, 0.1) is 23.4 Å². The highest BCUT2D eigenvalue weighted by Gasteiger charge is 2.20. The number of esters is 1. The van der Waals surface area contributed by atoms with Gasteiger partial charge < -0.3 is 14.8 Å². The zero-order valence-electron chi connectivity index (χ0n) is 14.2. The van der Waals surface area contributed by atoms with Crippen molar-refractivity contribution in [3.63, 3.8) is 0 Å². The van der Waals surface area contributed by atoms with E-state index in [1.54, 1.807) is 18.2 Å². The van der Waals surface area contributed by atoms with Crippen LogP contribution in [0.25, 0.3) is 0 Å². The molecule has 1 amide bonds. The second-order valence-electron chi connectivity index (χ2n) is 5.34. The average Bonchev–Trinajstić information content (AvgIpc) is 2.66. The second kappa shape index (κ2) is 9.24. The molecular weight excluding hydrogens is 360 g/mol. The van der Waals surface area contributed by atoms with Crippen LogP contribution in [0.1, 0.15) is 22.8 Å². The molecule has 9 heteroatoms. The SMILES string of the molecule is C[C@H](OC(=O)c1cncc(OCC(F)F)c1)C(=O)Nc1cccc(C#N)c1. The molecule has 0 aliphatic carbocycles. The maximum Gasteiger partial charge on any atom is 0.340 e. The molecule has 7 nitrogen and oxygen atoms in total. The first-order valence-corrected chi connectivity index (χ1v) is 7.77. The van der Waals surface area contributed by atoms with Crippen molar-refractivity contribution in [2.75, 3.05) is 11.9 Å². The molecule has 1 atom stereocenters. The Kier molecular flexibility index (Phi) is 6.77. The number of ether oxygens (including phenoxy) is 2. The highest BCUT2D eigenvalue weighted by atomic mass is 19.3. The molecular formula is C18H15F2N3O4. The van der Waals surface area contributed by atoms with Gasteiger partial charge in [-0.25, -0.2) is 13.6 Å². The van der Waals surface area contributed by atoms with Crippen molar-refractivity contribution in [1.29, 1.82) is 5.26 Å². The Morgan fingerprint density at radius 3 is 2.78 bits per heavy atom. The van der Waals surface area contributed by atoms with Crippen molar-refractivity contribution in [3.8, 4) is 11.8 Å². The summed E-state index contributed by atoms with van der Waals surface area (Å²) in [6.45, 7) is 0.534. The standard InChI is InChI=1S/C18H15F2N3O4/c1-11(17(24)23-14-4-2-3-12(5-14)7-21)27-18(25)13-6-15(9-22-8-13)26-10-16(19)20/h2-6,8-9,11,16H,10H2,1H3,(H,23,24)/t11-/m0/s1. The first-order valence-electron chi connectivity index (χ1n) is 7.77. The predicted molar refractivity (Wildman–Crippen MR) is 90.4 cm³/mol. The minimum absolute atomic E-state index is 0.0184. The maximum atomic E-state index is 12.2. The van der Waals surface area contributed by atoms with Crippen molar-refractivity contribution in [3.05, 3.63) is 53.9 Å². The topological polar surface area (TPSA) is 101 Å². The van der Waals surface area contributed by atoms with E-state index in [1.165, 1.54) is 31.5 Å². The molecule has 1 N–H and O–H groups in total. The van der Waals surface area contributed by atoms with Gasteiger partial charge in [0.15, 0.2) is 6.10 Å². The van der Waals surface area contributed by atoms with Gasteiger partial charge in [-0.05, 0) is 31.2 Å². The van der Waals surface area contributed by atoms with E-state index in [9.17, 15) is 18.4 Å². The zero-order valence-corrected chi connectivity index (χ0v) is 14.2. The van der Waals surface area contributed by atoms with Gasteiger partial charge in [-0.1, -0.05) is 6.07 Å². The summed E-state index contributed by atoms with van der Waals surface area (Å²) in [7, 11) is 0. The van der Waals surface area contributed by atoms with Crippen molar-refractivity contribution < 1.29 is 27.8 Å². The number of anilines is 1. The van der Waals surface area contributed by atoms with Crippen LogP contribution in [-0.2, 0) is 9.53 Å². The largest absolute Gasteiger partial charge is 0.486 e. The smallest absolute Gasteiger partial charge is 0.340 e. The van der Waals surface area contributed by atoms with Crippen molar-refractivity contribution in [1.82, 2.24) is 4.98 Å². The lowest BCUT2D eigenvalue weighted by molar-refractivity contribution is -0.123. The number of nitrogens with one attached hydrogen (secondary N) is 1. The number of hydrogen-bond acceptors (Lipinski definition) is 6. The fourth-order valence-corrected chi connectivity index (χ4v) is 1.96. The van der Waals surface area contributed by atoms with Gasteiger partial charge in [0.25, 0.3) is 12.3 Å². The fraction of sp³-hybridized carbons (Fsp3) is 0.222. The minimum Gasteiger partial charge on any atom is -0.486 e. The maximum absolute atomic E-state index is 12.2. The van der Waals surface area contributed by atoms with Gasteiger partial charge in [-0.3, -0.25) is 9.78 Å². The van der Waals surface area contributed by atoms with Crippen molar-refractivity contribution >= 4 is 17.6 Å². The van der Waals surface area contributed by atoms with E-state index in [0.717, 1.165) is 0 Å². The molecule has 1 heterocycles. The van der Waals surface area contributed by atoms with E-state index in [4.69, 9.17) is 14.7 Å². The molecule has 0 radical (unpaired) electrons. The van der Waals surface area contributed by atoms with Gasteiger partial charge in [0, 0.05) is 11.9 Å². The molecule has 0 spiro atoms. The number of aromatic nitrogens is 1. The van der Waals surface area contributed by atoms with Crippen LogP contribution in [0.5, 0.6) is 5.75 Å². The van der Waals surface area contributed by atoms with E-state index in [0.29, 0.717) is 11.3 Å². The number of carbonyl (C=O) groups excluding carboxylic acids is 2. The van der Waals surface area contributed by atoms with Gasteiger partial charge in [-0.15, -0.1) is 0 Å². The molecule has 0 aliphatic heterocycles. The summed E-state index contributed by atoms with van der Waals surface area (Å²) in [5.41, 5.74) is 0.697. The molecule has 0 saturated carbocycles. The van der Waals surface area contributed by atoms with Gasteiger partial charge >= 0.3 is 5.97 Å². The molecule has 1 aromatic heterocycles. The van der Waals surface area contributed by atoms with Crippen molar-refractivity contribution in [2.45, 2.75) is 19.5 Å². The van der Waals surface area contributed by atoms with E-state index in [-0.39, 0.29) is 11.3 Å². The Morgan fingerprint density at radius 2 is 2.07 bits per heavy atom. The summed E-state index contributed by atoms with van der Waals surface area (Å²) in [6, 6.07) is 9.37. The normalized spacial score (nSPS) is 11.4. The zero-order chi connectivity index (χ0) is 19.8. The number of alkyl halides is 2. The lowest BCUT2D eigenvalue weighted by Gasteiger charge is -2.14. The number of amides is 1. The third kappa shape index (κ3) is 6.04. The van der Waals surface area contributed by atoms with Crippen LogP contribution >= 0.6 is 0 Å².